The van der Waals surface area contributed by atoms with E-state index in [1.807, 2.05) is 0 Å². The van der Waals surface area contributed by atoms with E-state index < -0.39 is 43.2 Å². The van der Waals surface area contributed by atoms with E-state index in [1.54, 1.807) is 0 Å². The molecule has 5 N–H and O–H groups in total. The average Bonchev–Trinajstić information content (AvgIpc) is 2.67. The predicted molar refractivity (Wildman–Crippen MR) is 85.2 cm³/mol. The van der Waals surface area contributed by atoms with Crippen LogP contribution in [-0.2, 0) is 4.74 Å². The number of hydrogen-bond acceptors (Lipinski definition) is 9. The molecule has 0 aliphatic carbocycles. The molecule has 2 aliphatic rings. The smallest absolute Gasteiger partial charge is 0.253 e. The van der Waals surface area contributed by atoms with E-state index in [9.17, 15) is 25.2 Å². The first kappa shape index (κ1) is 18.7. The van der Waals surface area contributed by atoms with Crippen LogP contribution in [0.3, 0.4) is 0 Å². The topological polar surface area (TPSA) is 147 Å². The molecule has 0 unspecified atom stereocenters. The van der Waals surface area contributed by atoms with Crippen molar-refractivity contribution in [3.63, 3.8) is 0 Å². The van der Waals surface area contributed by atoms with Crippen LogP contribution in [0.25, 0.3) is 0 Å². The fourth-order valence-electron chi connectivity index (χ4n) is 2.84. The van der Waals surface area contributed by atoms with Gasteiger partial charge in [0.25, 0.3) is 5.91 Å². The van der Waals surface area contributed by atoms with Gasteiger partial charge in [0.1, 0.15) is 37.6 Å². The summed E-state index contributed by atoms with van der Waals surface area (Å²) in [6.45, 7) is 0.100. The Morgan fingerprint density at radius 1 is 1.19 bits per heavy atom. The lowest BCUT2D eigenvalue weighted by Crippen LogP contribution is -2.63. The SMILES string of the molecule is COc1cc(C(=O)N[C@@H]2O[C@H](CO)[C@@H](O)[C@H](O)[C@H]2O)cc2c1OCCO2. The third-order valence-electron chi connectivity index (χ3n) is 4.26. The van der Waals surface area contributed by atoms with Crippen LogP contribution in [0.5, 0.6) is 17.2 Å². The number of hydrogen-bond donors (Lipinski definition) is 5. The lowest BCUT2D eigenvalue weighted by molar-refractivity contribution is -0.233. The molecule has 0 saturated carbocycles. The Kier molecular flexibility index (Phi) is 5.49. The second-order valence-electron chi connectivity index (χ2n) is 5.93. The van der Waals surface area contributed by atoms with Gasteiger partial charge >= 0.3 is 0 Å². The highest BCUT2D eigenvalue weighted by Gasteiger charge is 2.44. The zero-order valence-corrected chi connectivity index (χ0v) is 14.0. The Balaban J connectivity index is 1.79. The number of ether oxygens (including phenoxy) is 4. The maximum Gasteiger partial charge on any atom is 0.253 e. The van der Waals surface area contributed by atoms with Crippen molar-refractivity contribution in [2.24, 2.45) is 0 Å². The third kappa shape index (κ3) is 3.41. The number of amides is 1. The van der Waals surface area contributed by atoms with Crippen molar-refractivity contribution < 1.29 is 44.2 Å². The quantitative estimate of drug-likeness (QED) is 0.405. The summed E-state index contributed by atoms with van der Waals surface area (Å²) in [6.07, 6.45) is -7.10. The maximum absolute atomic E-state index is 12.5. The minimum absolute atomic E-state index is 0.156. The maximum atomic E-state index is 12.5. The normalized spacial score (nSPS) is 30.6. The van der Waals surface area contributed by atoms with Crippen LogP contribution in [0.1, 0.15) is 10.4 Å². The highest BCUT2D eigenvalue weighted by atomic mass is 16.6. The van der Waals surface area contributed by atoms with E-state index in [1.165, 1.54) is 19.2 Å². The molecule has 10 nitrogen and oxygen atoms in total. The molecule has 0 spiro atoms. The van der Waals surface area contributed by atoms with Crippen LogP contribution < -0.4 is 19.5 Å². The van der Waals surface area contributed by atoms with Crippen molar-refractivity contribution in [1.82, 2.24) is 5.32 Å². The Hall–Kier alpha value is -2.11. The van der Waals surface area contributed by atoms with Gasteiger partial charge in [0.2, 0.25) is 5.75 Å². The number of nitrogens with one attached hydrogen (secondary N) is 1. The van der Waals surface area contributed by atoms with Gasteiger partial charge in [0, 0.05) is 5.56 Å². The number of fused-ring (bicyclic) bond motifs is 1. The Morgan fingerprint density at radius 2 is 1.92 bits per heavy atom. The number of carbonyl (C=O) groups is 1. The second kappa shape index (κ2) is 7.64. The Labute approximate surface area is 148 Å². The number of aliphatic hydroxyl groups is 4. The van der Waals surface area contributed by atoms with Gasteiger partial charge in [-0.15, -0.1) is 0 Å². The first-order chi connectivity index (χ1) is 12.5. The molecule has 1 fully saturated rings. The minimum Gasteiger partial charge on any atom is -0.493 e. The van der Waals surface area contributed by atoms with Crippen LogP contribution in [0.2, 0.25) is 0 Å². The number of methoxy groups -OCH3 is 1. The van der Waals surface area contributed by atoms with Crippen LogP contribution in [0.15, 0.2) is 12.1 Å². The summed E-state index contributed by atoms with van der Waals surface area (Å²) < 4.78 is 21.4. The fraction of sp³-hybridized carbons (Fsp3) is 0.562. The molecule has 10 heteroatoms. The molecule has 2 heterocycles. The number of aliphatic hydroxyl groups excluding tert-OH is 4. The lowest BCUT2D eigenvalue weighted by Gasteiger charge is -2.40. The molecule has 0 bridgehead atoms. The first-order valence-corrected chi connectivity index (χ1v) is 8.05. The molecule has 1 aromatic carbocycles. The molecule has 26 heavy (non-hydrogen) atoms. The molecule has 1 amide bonds. The molecule has 3 rings (SSSR count). The summed E-state index contributed by atoms with van der Waals surface area (Å²) >= 11 is 0. The van der Waals surface area contributed by atoms with E-state index in [0.29, 0.717) is 30.5 Å². The summed E-state index contributed by atoms with van der Waals surface area (Å²) in [7, 11) is 1.42. The van der Waals surface area contributed by atoms with Crippen molar-refractivity contribution in [2.45, 2.75) is 30.6 Å². The van der Waals surface area contributed by atoms with E-state index in [2.05, 4.69) is 5.32 Å². The first-order valence-electron chi connectivity index (χ1n) is 8.05. The zero-order valence-electron chi connectivity index (χ0n) is 14.0. The predicted octanol–water partition coefficient (Wildman–Crippen LogP) is -2.00. The molecule has 1 saturated heterocycles. The monoisotopic (exact) mass is 371 g/mol. The van der Waals surface area contributed by atoms with Gasteiger partial charge in [-0.3, -0.25) is 4.79 Å². The molecule has 144 valence electrons. The Morgan fingerprint density at radius 3 is 2.62 bits per heavy atom. The standard InChI is InChI=1S/C16H21NO9/c1-23-8-4-7(5-9-14(8)25-3-2-24-9)15(22)17-16-13(21)12(20)11(19)10(6-18)26-16/h4-5,10-13,16,18-21H,2-3,6H2,1H3,(H,17,22)/t10-,11-,12+,13-,16-/m1/s1. The van der Waals surface area contributed by atoms with Crippen molar-refractivity contribution in [1.29, 1.82) is 0 Å². The molecule has 5 atom stereocenters. The molecule has 0 radical (unpaired) electrons. The third-order valence-corrected chi connectivity index (χ3v) is 4.26. The largest absolute Gasteiger partial charge is 0.493 e. The minimum atomic E-state index is -1.58. The number of benzene rings is 1. The number of carbonyl (C=O) groups excluding carboxylic acids is 1. The van der Waals surface area contributed by atoms with Gasteiger partial charge in [-0.25, -0.2) is 0 Å². The van der Waals surface area contributed by atoms with Crippen LogP contribution >= 0.6 is 0 Å². The van der Waals surface area contributed by atoms with Gasteiger partial charge in [-0.2, -0.15) is 0 Å². The lowest BCUT2D eigenvalue weighted by atomic mass is 9.98. The Bertz CT molecular complexity index is 648. The molecular formula is C16H21NO9. The van der Waals surface area contributed by atoms with Crippen molar-refractivity contribution in [3.05, 3.63) is 17.7 Å². The van der Waals surface area contributed by atoms with Gasteiger partial charge in [-0.05, 0) is 12.1 Å². The van der Waals surface area contributed by atoms with Gasteiger partial charge < -0.3 is 44.7 Å². The molecule has 1 aromatic rings. The average molecular weight is 371 g/mol. The highest BCUT2D eigenvalue weighted by molar-refractivity contribution is 5.95. The van der Waals surface area contributed by atoms with Gasteiger partial charge in [0.15, 0.2) is 17.7 Å². The van der Waals surface area contributed by atoms with Crippen LogP contribution in [0, 0.1) is 0 Å². The fourth-order valence-corrected chi connectivity index (χ4v) is 2.84. The summed E-state index contributed by atoms with van der Waals surface area (Å²) in [5.74, 6) is 0.406. The van der Waals surface area contributed by atoms with E-state index >= 15 is 0 Å². The van der Waals surface area contributed by atoms with Crippen molar-refractivity contribution >= 4 is 5.91 Å². The van der Waals surface area contributed by atoms with E-state index in [-0.39, 0.29) is 5.56 Å². The summed E-state index contributed by atoms with van der Waals surface area (Å²) in [5, 5.41) is 41.2. The van der Waals surface area contributed by atoms with Crippen LogP contribution in [0.4, 0.5) is 0 Å². The van der Waals surface area contributed by atoms with E-state index in [0.717, 1.165) is 0 Å². The molecular weight excluding hydrogens is 350 g/mol. The van der Waals surface area contributed by atoms with E-state index in [4.69, 9.17) is 18.9 Å². The van der Waals surface area contributed by atoms with Crippen molar-refractivity contribution in [3.8, 4) is 17.2 Å². The van der Waals surface area contributed by atoms with Gasteiger partial charge in [0.05, 0.1) is 13.7 Å². The zero-order chi connectivity index (χ0) is 18.8. The molecule has 0 aromatic heterocycles. The molecule has 2 aliphatic heterocycles. The summed E-state index contributed by atoms with van der Waals surface area (Å²) in [4.78, 5) is 12.5. The summed E-state index contributed by atoms with van der Waals surface area (Å²) in [5.41, 5.74) is 0.156. The second-order valence-corrected chi connectivity index (χ2v) is 5.93. The van der Waals surface area contributed by atoms with Gasteiger partial charge in [-0.1, -0.05) is 0 Å². The van der Waals surface area contributed by atoms with Crippen LogP contribution in [-0.4, -0.2) is 83.9 Å². The summed E-state index contributed by atoms with van der Waals surface area (Å²) in [6, 6.07) is 2.89. The number of rotatable bonds is 4. The van der Waals surface area contributed by atoms with Crippen molar-refractivity contribution in [2.75, 3.05) is 26.9 Å². The highest BCUT2D eigenvalue weighted by Crippen LogP contribution is 2.40.